The molecular weight excluding hydrogens is 477 g/mol. The molecule has 3 aliphatic heterocycles. The summed E-state index contributed by atoms with van der Waals surface area (Å²) < 4.78 is 14.5. The molecule has 1 amide bonds. The van der Waals surface area contributed by atoms with Gasteiger partial charge in [0.25, 0.3) is 5.69 Å². The van der Waals surface area contributed by atoms with Gasteiger partial charge in [-0.1, -0.05) is 18.2 Å². The van der Waals surface area contributed by atoms with Gasteiger partial charge in [-0.25, -0.2) is 4.39 Å². The second kappa shape index (κ2) is 7.72. The van der Waals surface area contributed by atoms with Crippen molar-refractivity contribution in [3.63, 3.8) is 0 Å². The number of nitrogens with one attached hydrogen (secondary N) is 1. The first-order valence-electron chi connectivity index (χ1n) is 10.7. The number of hydrogen-bond donors (Lipinski definition) is 1. The molecule has 0 saturated carbocycles. The molecule has 6 rings (SSSR count). The van der Waals surface area contributed by atoms with Gasteiger partial charge in [0.2, 0.25) is 5.91 Å². The number of amides is 1. The van der Waals surface area contributed by atoms with Gasteiger partial charge in [0, 0.05) is 47.0 Å². The van der Waals surface area contributed by atoms with Gasteiger partial charge in [-0.15, -0.1) is 23.1 Å². The van der Waals surface area contributed by atoms with E-state index in [-0.39, 0.29) is 23.4 Å². The van der Waals surface area contributed by atoms with Gasteiger partial charge >= 0.3 is 0 Å². The number of rotatable bonds is 4. The van der Waals surface area contributed by atoms with Gasteiger partial charge in [0.1, 0.15) is 11.4 Å². The predicted octanol–water partition coefficient (Wildman–Crippen LogP) is 4.61. The maximum Gasteiger partial charge on any atom is 0.269 e. The molecule has 1 spiro atoms. The summed E-state index contributed by atoms with van der Waals surface area (Å²) >= 11 is 2.93. The zero-order valence-electron chi connectivity index (χ0n) is 17.6. The number of nitro groups is 1. The van der Waals surface area contributed by atoms with Crippen molar-refractivity contribution >= 4 is 46.2 Å². The normalized spacial score (nSPS) is 27.6. The topological polar surface area (TPSA) is 92.5 Å². The van der Waals surface area contributed by atoms with Gasteiger partial charge < -0.3 is 5.32 Å². The van der Waals surface area contributed by atoms with Gasteiger partial charge in [0.15, 0.2) is 5.78 Å². The van der Waals surface area contributed by atoms with Crippen molar-refractivity contribution in [1.82, 2.24) is 4.90 Å². The van der Waals surface area contributed by atoms with Crippen molar-refractivity contribution in [2.24, 2.45) is 5.92 Å². The zero-order valence-corrected chi connectivity index (χ0v) is 19.3. The molecule has 0 aliphatic carbocycles. The average molecular weight is 496 g/mol. The third-order valence-corrected chi connectivity index (χ3v) is 9.02. The minimum Gasteiger partial charge on any atom is -0.324 e. The monoisotopic (exact) mass is 495 g/mol. The Morgan fingerprint density at radius 2 is 2.06 bits per heavy atom. The van der Waals surface area contributed by atoms with E-state index < -0.39 is 28.1 Å². The van der Waals surface area contributed by atoms with E-state index in [1.54, 1.807) is 41.4 Å². The Bertz CT molecular complexity index is 1350. The van der Waals surface area contributed by atoms with Crippen LogP contribution in [0.15, 0.2) is 60.0 Å². The van der Waals surface area contributed by atoms with Crippen molar-refractivity contribution < 1.29 is 18.9 Å². The second-order valence-corrected chi connectivity index (χ2v) is 10.6. The quantitative estimate of drug-likeness (QED) is 0.323. The van der Waals surface area contributed by atoms with Crippen LogP contribution in [0.2, 0.25) is 0 Å². The van der Waals surface area contributed by atoms with Crippen molar-refractivity contribution in [3.8, 4) is 0 Å². The maximum atomic E-state index is 14.5. The van der Waals surface area contributed by atoms with Gasteiger partial charge in [0.05, 0.1) is 15.7 Å². The molecule has 3 aromatic rings. The van der Waals surface area contributed by atoms with Crippen molar-refractivity contribution in [3.05, 3.63) is 91.9 Å². The lowest BCUT2D eigenvalue weighted by Crippen LogP contribution is -2.52. The van der Waals surface area contributed by atoms with E-state index in [0.29, 0.717) is 33.3 Å². The number of ketones is 1. The van der Waals surface area contributed by atoms with Crippen LogP contribution in [0.25, 0.3) is 0 Å². The van der Waals surface area contributed by atoms with Crippen LogP contribution >= 0.6 is 23.1 Å². The summed E-state index contributed by atoms with van der Waals surface area (Å²) in [6.45, 7) is 0. The van der Waals surface area contributed by atoms with Crippen LogP contribution in [0.3, 0.4) is 0 Å². The molecule has 2 saturated heterocycles. The molecular formula is C24H18FN3O4S2. The van der Waals surface area contributed by atoms with Crippen LogP contribution in [0.5, 0.6) is 0 Å². The van der Waals surface area contributed by atoms with E-state index in [1.165, 1.54) is 41.7 Å². The first-order valence-corrected chi connectivity index (χ1v) is 12.7. The fourth-order valence-corrected chi connectivity index (χ4v) is 7.87. The molecule has 4 atom stereocenters. The number of carbonyl (C=O) groups is 2. The summed E-state index contributed by atoms with van der Waals surface area (Å²) in [4.78, 5) is 41.5. The molecule has 7 nitrogen and oxygen atoms in total. The van der Waals surface area contributed by atoms with Gasteiger partial charge in [-0.05, 0) is 35.2 Å². The number of thiophene rings is 1. The first-order chi connectivity index (χ1) is 16.4. The van der Waals surface area contributed by atoms with Gasteiger partial charge in [-0.3, -0.25) is 24.6 Å². The molecule has 34 heavy (non-hydrogen) atoms. The number of Topliss-reactive ketones (excluding diaryl/α,β-unsaturated/α-hetero) is 1. The highest BCUT2D eigenvalue weighted by molar-refractivity contribution is 7.99. The third kappa shape index (κ3) is 2.85. The highest BCUT2D eigenvalue weighted by atomic mass is 32.2. The van der Waals surface area contributed by atoms with E-state index in [4.69, 9.17) is 0 Å². The smallest absolute Gasteiger partial charge is 0.269 e. The third-order valence-electron chi connectivity index (χ3n) is 7.10. The Kier molecular flexibility index (Phi) is 4.87. The van der Waals surface area contributed by atoms with Crippen LogP contribution in [0, 0.1) is 21.8 Å². The SMILES string of the molecule is O=C(c1cccs1)[C@@H]1[C@H](c2cccc([N+](=O)[O-])c2)[C@@H]2CSCN2[C@@]12C(=O)Nc1ccc(F)cc12. The second-order valence-electron chi connectivity index (χ2n) is 8.64. The minimum atomic E-state index is -1.40. The lowest BCUT2D eigenvalue weighted by atomic mass is 9.70. The fraction of sp³-hybridized carbons (Fsp3) is 0.250. The molecule has 4 heterocycles. The van der Waals surface area contributed by atoms with E-state index in [1.807, 2.05) is 4.90 Å². The number of thioether (sulfide) groups is 1. The summed E-state index contributed by atoms with van der Waals surface area (Å²) in [5.74, 6) is -1.26. The molecule has 10 heteroatoms. The van der Waals surface area contributed by atoms with Crippen LogP contribution in [-0.4, -0.2) is 39.2 Å². The highest BCUT2D eigenvalue weighted by Crippen LogP contribution is 2.61. The molecule has 172 valence electrons. The Morgan fingerprint density at radius 3 is 2.82 bits per heavy atom. The molecule has 1 N–H and O–H groups in total. The zero-order chi connectivity index (χ0) is 23.6. The number of hydrogen-bond acceptors (Lipinski definition) is 7. The van der Waals surface area contributed by atoms with E-state index in [2.05, 4.69) is 5.32 Å². The molecule has 0 bridgehead atoms. The summed E-state index contributed by atoms with van der Waals surface area (Å²) in [7, 11) is 0. The van der Waals surface area contributed by atoms with E-state index in [9.17, 15) is 24.1 Å². The number of nitrogens with zero attached hydrogens (tertiary/aromatic N) is 2. The number of non-ortho nitro benzene ring substituents is 1. The first kappa shape index (κ1) is 21.5. The number of anilines is 1. The lowest BCUT2D eigenvalue weighted by Gasteiger charge is -2.36. The molecule has 0 unspecified atom stereocenters. The Balaban J connectivity index is 1.63. The average Bonchev–Trinajstić information content (AvgIpc) is 3.60. The summed E-state index contributed by atoms with van der Waals surface area (Å²) in [6.07, 6.45) is 0. The van der Waals surface area contributed by atoms with Gasteiger partial charge in [-0.2, -0.15) is 0 Å². The predicted molar refractivity (Wildman–Crippen MR) is 128 cm³/mol. The van der Waals surface area contributed by atoms with E-state index in [0.717, 1.165) is 0 Å². The molecule has 0 radical (unpaired) electrons. The van der Waals surface area contributed by atoms with Crippen LogP contribution in [-0.2, 0) is 10.3 Å². The Labute approximate surface area is 202 Å². The number of fused-ring (bicyclic) bond motifs is 4. The van der Waals surface area contributed by atoms with E-state index >= 15 is 0 Å². The molecule has 1 aromatic heterocycles. The van der Waals surface area contributed by atoms with Crippen LogP contribution in [0.4, 0.5) is 15.8 Å². The van der Waals surface area contributed by atoms with Crippen LogP contribution in [0.1, 0.15) is 26.7 Å². The summed E-state index contributed by atoms with van der Waals surface area (Å²) in [5, 5.41) is 16.2. The maximum absolute atomic E-state index is 14.5. The Hall–Kier alpha value is -3.08. The largest absolute Gasteiger partial charge is 0.324 e. The minimum absolute atomic E-state index is 0.0692. The molecule has 2 aromatic carbocycles. The summed E-state index contributed by atoms with van der Waals surface area (Å²) in [5.41, 5.74) is 0.108. The number of carbonyl (C=O) groups excluding carboxylic acids is 2. The van der Waals surface area contributed by atoms with Crippen molar-refractivity contribution in [1.29, 1.82) is 0 Å². The number of nitro benzene ring substituents is 1. The lowest BCUT2D eigenvalue weighted by molar-refractivity contribution is -0.384. The Morgan fingerprint density at radius 1 is 1.21 bits per heavy atom. The summed E-state index contributed by atoms with van der Waals surface area (Å²) in [6, 6.07) is 13.8. The van der Waals surface area contributed by atoms with Crippen molar-refractivity contribution in [2.45, 2.75) is 17.5 Å². The standard InChI is InChI=1S/C24H18FN3O4S2/c25-14-6-7-17-16(10-14)24(23(30)26-17)21(22(29)19-5-2-8-34-19)20(18-11-33-12-27(18)24)13-3-1-4-15(9-13)28(31)32/h1-10,18,20-21H,11-12H2,(H,26,30)/t18-,20+,21-,24+/m0/s1. The highest BCUT2D eigenvalue weighted by Gasteiger charge is 2.69. The van der Waals surface area contributed by atoms with Crippen LogP contribution < -0.4 is 5.32 Å². The molecule has 3 aliphatic rings. The number of benzene rings is 2. The number of halogens is 1. The van der Waals surface area contributed by atoms with Crippen molar-refractivity contribution in [2.75, 3.05) is 16.9 Å². The molecule has 2 fully saturated rings. The fourth-order valence-electron chi connectivity index (χ4n) is 5.84.